The Kier molecular flexibility index (Phi) is 8.24. The van der Waals surface area contributed by atoms with Crippen molar-refractivity contribution in [1.82, 2.24) is 10.2 Å². The molecule has 0 bridgehead atoms. The van der Waals surface area contributed by atoms with Gasteiger partial charge >= 0.3 is 0 Å². The maximum atomic E-state index is 12.2. The average Bonchev–Trinajstić information content (AvgIpc) is 2.55. The van der Waals surface area contributed by atoms with Gasteiger partial charge in [0.1, 0.15) is 5.54 Å². The first kappa shape index (κ1) is 21.3. The summed E-state index contributed by atoms with van der Waals surface area (Å²) >= 11 is 11.7. The quantitative estimate of drug-likeness (QED) is 0.677. The molecule has 1 aromatic rings. The van der Waals surface area contributed by atoms with Crippen LogP contribution in [0.15, 0.2) is 18.2 Å². The Morgan fingerprint density at radius 1 is 1.16 bits per heavy atom. The molecule has 0 fully saturated rings. The molecule has 7 heteroatoms. The first-order valence-corrected chi connectivity index (χ1v) is 8.73. The molecule has 0 aromatic heterocycles. The first-order valence-electron chi connectivity index (χ1n) is 7.97. The Hall–Kier alpha value is -1.74. The Morgan fingerprint density at radius 2 is 1.76 bits per heavy atom. The molecule has 0 saturated carbocycles. The minimum Gasteiger partial charge on any atom is -0.339 e. The molecule has 1 aromatic carbocycles. The molecule has 0 radical (unpaired) electrons. The summed E-state index contributed by atoms with van der Waals surface area (Å²) in [4.78, 5) is 25.8. The zero-order chi connectivity index (χ0) is 19.0. The molecule has 1 rings (SSSR count). The van der Waals surface area contributed by atoms with Gasteiger partial charge in [0.25, 0.3) is 0 Å². The molecule has 0 aliphatic rings. The number of hydrogen-bond acceptors (Lipinski definition) is 3. The Balaban J connectivity index is 2.54. The summed E-state index contributed by atoms with van der Waals surface area (Å²) in [5, 5.41) is 6.35. The summed E-state index contributed by atoms with van der Waals surface area (Å²) in [6.07, 6.45) is 6.83. The van der Waals surface area contributed by atoms with Crippen LogP contribution in [0.25, 0.3) is 0 Å². The summed E-state index contributed by atoms with van der Waals surface area (Å²) in [6, 6.07) is 4.83. The molecule has 0 aliphatic carbocycles. The predicted molar refractivity (Wildman–Crippen MR) is 103 cm³/mol. The third-order valence-electron chi connectivity index (χ3n) is 3.89. The summed E-state index contributed by atoms with van der Waals surface area (Å²) in [7, 11) is 1.68. The minimum atomic E-state index is -0.639. The SMILES string of the molecule is C#CC(CC)(CC)NC(=O)CN(C)CC(=O)Nc1ccc(Cl)c(Cl)c1. The molecular weight excluding hydrogens is 361 g/mol. The van der Waals surface area contributed by atoms with Crippen LogP contribution in [0.3, 0.4) is 0 Å². The molecule has 0 saturated heterocycles. The lowest BCUT2D eigenvalue weighted by Crippen LogP contribution is -2.50. The van der Waals surface area contributed by atoms with Gasteiger partial charge in [-0.25, -0.2) is 0 Å². The number of anilines is 1. The van der Waals surface area contributed by atoms with E-state index in [0.29, 0.717) is 28.6 Å². The van der Waals surface area contributed by atoms with Gasteiger partial charge in [-0.2, -0.15) is 0 Å². The monoisotopic (exact) mass is 383 g/mol. The van der Waals surface area contributed by atoms with Gasteiger partial charge in [0.15, 0.2) is 0 Å². The summed E-state index contributed by atoms with van der Waals surface area (Å²) in [5.74, 6) is 2.17. The van der Waals surface area contributed by atoms with Crippen molar-refractivity contribution in [2.75, 3.05) is 25.5 Å². The second kappa shape index (κ2) is 9.67. The number of carbonyl (C=O) groups is 2. The Labute approximate surface area is 159 Å². The van der Waals surface area contributed by atoms with Crippen LogP contribution in [0.1, 0.15) is 26.7 Å². The molecule has 2 N–H and O–H groups in total. The summed E-state index contributed by atoms with van der Waals surface area (Å²) in [5.41, 5.74) is -0.0965. The van der Waals surface area contributed by atoms with Gasteiger partial charge < -0.3 is 10.6 Å². The van der Waals surface area contributed by atoms with Gasteiger partial charge in [-0.3, -0.25) is 14.5 Å². The van der Waals surface area contributed by atoms with Gasteiger partial charge in [-0.15, -0.1) is 6.42 Å². The smallest absolute Gasteiger partial charge is 0.238 e. The fourth-order valence-corrected chi connectivity index (χ4v) is 2.59. The Bertz CT molecular complexity index is 667. The Morgan fingerprint density at radius 3 is 2.28 bits per heavy atom. The number of terminal acetylenes is 1. The maximum Gasteiger partial charge on any atom is 0.238 e. The van der Waals surface area contributed by atoms with Crippen molar-refractivity contribution < 1.29 is 9.59 Å². The normalized spacial score (nSPS) is 11.1. The number of benzene rings is 1. The largest absolute Gasteiger partial charge is 0.339 e. The van der Waals surface area contributed by atoms with E-state index < -0.39 is 5.54 Å². The van der Waals surface area contributed by atoms with E-state index in [4.69, 9.17) is 29.6 Å². The van der Waals surface area contributed by atoms with Crippen LogP contribution in [0.5, 0.6) is 0 Å². The van der Waals surface area contributed by atoms with Crippen LogP contribution in [0.4, 0.5) is 5.69 Å². The molecular formula is C18H23Cl2N3O2. The molecule has 0 unspecified atom stereocenters. The van der Waals surface area contributed by atoms with Crippen molar-refractivity contribution in [3.63, 3.8) is 0 Å². The van der Waals surface area contributed by atoms with E-state index in [9.17, 15) is 9.59 Å². The highest BCUT2D eigenvalue weighted by molar-refractivity contribution is 6.42. The van der Waals surface area contributed by atoms with Crippen LogP contribution in [0.2, 0.25) is 10.0 Å². The lowest BCUT2D eigenvalue weighted by Gasteiger charge is -2.28. The van der Waals surface area contributed by atoms with E-state index >= 15 is 0 Å². The highest BCUT2D eigenvalue weighted by atomic mass is 35.5. The standard InChI is InChI=1S/C18H23Cl2N3O2/c1-5-18(6-2,7-3)22-17(25)12-23(4)11-16(24)21-13-8-9-14(19)15(20)10-13/h1,8-10H,6-7,11-12H2,2-4H3,(H,21,24)(H,22,25). The van der Waals surface area contributed by atoms with Crippen LogP contribution >= 0.6 is 23.2 Å². The van der Waals surface area contributed by atoms with Crippen molar-refractivity contribution in [1.29, 1.82) is 0 Å². The zero-order valence-corrected chi connectivity index (χ0v) is 16.2. The molecule has 136 valence electrons. The lowest BCUT2D eigenvalue weighted by molar-refractivity contribution is -0.124. The third kappa shape index (κ3) is 6.58. The van der Waals surface area contributed by atoms with Gasteiger partial charge in [-0.1, -0.05) is 43.0 Å². The molecule has 5 nitrogen and oxygen atoms in total. The van der Waals surface area contributed by atoms with Crippen molar-refractivity contribution in [3.8, 4) is 12.3 Å². The number of nitrogens with zero attached hydrogens (tertiary/aromatic N) is 1. The predicted octanol–water partition coefficient (Wildman–Crippen LogP) is 3.17. The van der Waals surface area contributed by atoms with Crippen molar-refractivity contribution in [2.45, 2.75) is 32.2 Å². The van der Waals surface area contributed by atoms with E-state index in [2.05, 4.69) is 16.6 Å². The van der Waals surface area contributed by atoms with Crippen molar-refractivity contribution in [3.05, 3.63) is 28.2 Å². The molecule has 25 heavy (non-hydrogen) atoms. The van der Waals surface area contributed by atoms with E-state index in [-0.39, 0.29) is 24.9 Å². The molecule has 0 heterocycles. The lowest BCUT2D eigenvalue weighted by atomic mass is 9.94. The van der Waals surface area contributed by atoms with E-state index in [0.717, 1.165) is 0 Å². The van der Waals surface area contributed by atoms with Crippen molar-refractivity contribution >= 4 is 40.7 Å². The van der Waals surface area contributed by atoms with E-state index in [1.54, 1.807) is 30.1 Å². The van der Waals surface area contributed by atoms with Gasteiger partial charge in [0.2, 0.25) is 11.8 Å². The molecule has 2 amide bonds. The molecule has 0 atom stereocenters. The van der Waals surface area contributed by atoms with Crippen molar-refractivity contribution in [2.24, 2.45) is 0 Å². The number of nitrogens with one attached hydrogen (secondary N) is 2. The maximum absolute atomic E-state index is 12.2. The summed E-state index contributed by atoms with van der Waals surface area (Å²) < 4.78 is 0. The molecule has 0 spiro atoms. The number of carbonyl (C=O) groups excluding carboxylic acids is 2. The fourth-order valence-electron chi connectivity index (χ4n) is 2.29. The summed E-state index contributed by atoms with van der Waals surface area (Å²) in [6.45, 7) is 3.98. The number of likely N-dealkylation sites (N-methyl/N-ethyl adjacent to an activating group) is 1. The highest BCUT2D eigenvalue weighted by Gasteiger charge is 2.25. The second-order valence-corrected chi connectivity index (χ2v) is 6.65. The van der Waals surface area contributed by atoms with Crippen LogP contribution in [-0.2, 0) is 9.59 Å². The zero-order valence-electron chi connectivity index (χ0n) is 14.7. The van der Waals surface area contributed by atoms with E-state index in [1.165, 1.54) is 0 Å². The first-order chi connectivity index (χ1) is 11.7. The van der Waals surface area contributed by atoms with Gasteiger partial charge in [0, 0.05) is 5.69 Å². The van der Waals surface area contributed by atoms with Crippen LogP contribution in [0, 0.1) is 12.3 Å². The number of halogens is 2. The minimum absolute atomic E-state index is 0.0506. The third-order valence-corrected chi connectivity index (χ3v) is 4.63. The number of amides is 2. The highest BCUT2D eigenvalue weighted by Crippen LogP contribution is 2.24. The molecule has 0 aliphatic heterocycles. The van der Waals surface area contributed by atoms with Gasteiger partial charge in [0.05, 0.1) is 23.1 Å². The second-order valence-electron chi connectivity index (χ2n) is 5.83. The van der Waals surface area contributed by atoms with Crippen LogP contribution in [-0.4, -0.2) is 42.4 Å². The van der Waals surface area contributed by atoms with Crippen LogP contribution < -0.4 is 10.6 Å². The van der Waals surface area contributed by atoms with E-state index in [1.807, 2.05) is 13.8 Å². The topological polar surface area (TPSA) is 61.4 Å². The fraction of sp³-hybridized carbons (Fsp3) is 0.444. The number of rotatable bonds is 8. The van der Waals surface area contributed by atoms with Gasteiger partial charge in [-0.05, 0) is 38.1 Å². The number of hydrogen-bond donors (Lipinski definition) is 2. The average molecular weight is 384 g/mol.